The Bertz CT molecular complexity index is 1330. The van der Waals surface area contributed by atoms with Gasteiger partial charge in [-0.3, -0.25) is 4.79 Å². The molecule has 0 spiro atoms. The first-order valence-electron chi connectivity index (χ1n) is 9.71. The minimum absolute atomic E-state index is 0.121. The van der Waals surface area contributed by atoms with Gasteiger partial charge in [-0.1, -0.05) is 60.7 Å². The van der Waals surface area contributed by atoms with Gasteiger partial charge in [-0.25, -0.2) is 8.78 Å². The van der Waals surface area contributed by atoms with E-state index in [4.69, 9.17) is 0 Å². The smallest absolute Gasteiger partial charge is 0.195 e. The lowest BCUT2D eigenvalue weighted by molar-refractivity contribution is -0.108. The minimum atomic E-state index is -0.349. The maximum absolute atomic E-state index is 13.7. The van der Waals surface area contributed by atoms with Crippen LogP contribution in [0.15, 0.2) is 84.9 Å². The van der Waals surface area contributed by atoms with Crippen LogP contribution in [0.5, 0.6) is 0 Å². The van der Waals surface area contributed by atoms with E-state index in [0.717, 1.165) is 33.0 Å². The number of hydrogen-bond acceptors (Lipinski definition) is 1. The van der Waals surface area contributed by atoms with Crippen molar-refractivity contribution in [2.75, 3.05) is 0 Å². The van der Waals surface area contributed by atoms with E-state index < -0.39 is 0 Å². The van der Waals surface area contributed by atoms with Crippen LogP contribution in [-0.4, -0.2) is 5.78 Å². The molecule has 142 valence electrons. The van der Waals surface area contributed by atoms with Gasteiger partial charge >= 0.3 is 0 Å². The van der Waals surface area contributed by atoms with Crippen molar-refractivity contribution in [3.63, 3.8) is 0 Å². The number of carbonyl (C=O) groups is 1. The van der Waals surface area contributed by atoms with Gasteiger partial charge in [0.2, 0.25) is 0 Å². The number of fused-ring (bicyclic) bond motifs is 3. The molecule has 4 aromatic carbocycles. The Balaban J connectivity index is 1.73. The molecule has 0 aliphatic heterocycles. The number of hydrogen-bond donors (Lipinski definition) is 0. The number of carbonyl (C=O) groups excluding carboxylic acids is 1. The summed E-state index contributed by atoms with van der Waals surface area (Å²) in [6, 6.07) is 24.2. The van der Waals surface area contributed by atoms with Gasteiger partial charge in [-0.05, 0) is 57.3 Å². The van der Waals surface area contributed by atoms with Crippen LogP contribution < -0.4 is 0 Å². The molecule has 0 saturated heterocycles. The van der Waals surface area contributed by atoms with Gasteiger partial charge in [0, 0.05) is 22.3 Å². The summed E-state index contributed by atoms with van der Waals surface area (Å²) in [5.41, 5.74) is 6.23. The molecule has 0 saturated carbocycles. The number of benzene rings is 4. The third kappa shape index (κ3) is 2.23. The van der Waals surface area contributed by atoms with Crippen LogP contribution in [0.1, 0.15) is 22.3 Å². The Labute approximate surface area is 171 Å². The number of Topliss-reactive ketones (excluding diaryl/α,β-unsaturated/α-hetero) is 1. The molecular weight excluding hydrogens is 378 g/mol. The fraction of sp³-hybridized carbons (Fsp3) is 0. The van der Waals surface area contributed by atoms with E-state index in [1.165, 1.54) is 24.3 Å². The van der Waals surface area contributed by atoms with E-state index in [9.17, 15) is 13.6 Å². The molecule has 0 atom stereocenters. The number of halogens is 2. The molecule has 0 bridgehead atoms. The number of allylic oxidation sites excluding steroid dienone is 4. The molecule has 4 aromatic rings. The maximum atomic E-state index is 13.7. The van der Waals surface area contributed by atoms with Crippen molar-refractivity contribution in [1.82, 2.24) is 0 Å². The molecule has 0 unspecified atom stereocenters. The van der Waals surface area contributed by atoms with Crippen LogP contribution >= 0.6 is 0 Å². The maximum Gasteiger partial charge on any atom is 0.195 e. The van der Waals surface area contributed by atoms with Gasteiger partial charge in [0.25, 0.3) is 0 Å². The zero-order valence-corrected chi connectivity index (χ0v) is 15.7. The van der Waals surface area contributed by atoms with Crippen LogP contribution in [0, 0.1) is 11.6 Å². The predicted octanol–water partition coefficient (Wildman–Crippen LogP) is 6.54. The Kier molecular flexibility index (Phi) is 3.45. The third-order valence-corrected chi connectivity index (χ3v) is 5.91. The van der Waals surface area contributed by atoms with E-state index in [-0.39, 0.29) is 17.4 Å². The van der Waals surface area contributed by atoms with Crippen LogP contribution in [0.2, 0.25) is 0 Å². The fourth-order valence-electron chi connectivity index (χ4n) is 4.68. The van der Waals surface area contributed by atoms with Gasteiger partial charge in [-0.15, -0.1) is 0 Å². The summed E-state index contributed by atoms with van der Waals surface area (Å²) in [7, 11) is 0. The van der Waals surface area contributed by atoms with Gasteiger partial charge in [-0.2, -0.15) is 0 Å². The fourth-order valence-corrected chi connectivity index (χ4v) is 4.68. The van der Waals surface area contributed by atoms with Crippen LogP contribution in [0.25, 0.3) is 33.1 Å². The summed E-state index contributed by atoms with van der Waals surface area (Å²) in [4.78, 5) is 13.7. The Hall–Kier alpha value is -3.85. The van der Waals surface area contributed by atoms with Crippen molar-refractivity contribution in [3.05, 3.63) is 119 Å². The van der Waals surface area contributed by atoms with Gasteiger partial charge < -0.3 is 0 Å². The average molecular weight is 392 g/mol. The Morgan fingerprint density at radius 2 is 0.933 bits per heavy atom. The highest BCUT2D eigenvalue weighted by Gasteiger charge is 2.39. The summed E-state index contributed by atoms with van der Waals surface area (Å²) in [5.74, 6) is -0.818. The molecule has 0 fully saturated rings. The van der Waals surface area contributed by atoms with Gasteiger partial charge in [0.1, 0.15) is 11.6 Å². The molecule has 0 radical (unpaired) electrons. The van der Waals surface area contributed by atoms with Crippen LogP contribution in [0.3, 0.4) is 0 Å². The summed E-state index contributed by atoms with van der Waals surface area (Å²) < 4.78 is 27.1. The summed E-state index contributed by atoms with van der Waals surface area (Å²) >= 11 is 0. The molecule has 30 heavy (non-hydrogen) atoms. The molecule has 0 N–H and O–H groups in total. The summed E-state index contributed by atoms with van der Waals surface area (Å²) in [6.07, 6.45) is 0. The average Bonchev–Trinajstić information content (AvgIpc) is 3.23. The zero-order valence-electron chi connectivity index (χ0n) is 15.7. The Morgan fingerprint density at radius 1 is 0.500 bits per heavy atom. The van der Waals surface area contributed by atoms with E-state index in [1.54, 1.807) is 24.3 Å². The topological polar surface area (TPSA) is 17.1 Å². The lowest BCUT2D eigenvalue weighted by Crippen LogP contribution is -2.03. The van der Waals surface area contributed by atoms with Crippen molar-refractivity contribution in [2.24, 2.45) is 0 Å². The second-order valence-electron chi connectivity index (χ2n) is 7.55. The SMILES string of the molecule is O=C1C(c2ccc(F)cc2)=C2C(=C1c1ccc(F)cc1)c1cccc3cccc2c13. The van der Waals surface area contributed by atoms with Gasteiger partial charge in [0.15, 0.2) is 5.78 Å². The third-order valence-electron chi connectivity index (χ3n) is 5.91. The first kappa shape index (κ1) is 17.0. The molecule has 2 aliphatic rings. The molecular formula is C27H14F2O. The van der Waals surface area contributed by atoms with E-state index in [0.29, 0.717) is 22.3 Å². The minimum Gasteiger partial charge on any atom is -0.289 e. The lowest BCUT2D eigenvalue weighted by Gasteiger charge is -2.09. The molecule has 3 heteroatoms. The highest BCUT2D eigenvalue weighted by molar-refractivity contribution is 6.61. The standard InChI is InChI=1S/C27H14F2O/c28-18-11-7-16(8-12-18)23-25-20-5-1-3-15-4-2-6-21(22(15)20)26(25)24(27(23)30)17-9-13-19(29)14-10-17/h1-14H. The predicted molar refractivity (Wildman–Crippen MR) is 115 cm³/mol. The highest BCUT2D eigenvalue weighted by Crippen LogP contribution is 2.56. The molecule has 6 rings (SSSR count). The van der Waals surface area contributed by atoms with Gasteiger partial charge in [0.05, 0.1) is 0 Å². The first-order chi connectivity index (χ1) is 14.6. The largest absolute Gasteiger partial charge is 0.289 e. The summed E-state index contributed by atoms with van der Waals surface area (Å²) in [5, 5.41) is 2.21. The normalized spacial score (nSPS) is 14.8. The monoisotopic (exact) mass is 392 g/mol. The summed E-state index contributed by atoms with van der Waals surface area (Å²) in [6.45, 7) is 0. The van der Waals surface area contributed by atoms with Crippen molar-refractivity contribution >= 4 is 38.8 Å². The number of rotatable bonds is 2. The molecule has 1 nitrogen and oxygen atoms in total. The lowest BCUT2D eigenvalue weighted by atomic mass is 9.93. The van der Waals surface area contributed by atoms with Crippen LogP contribution in [-0.2, 0) is 4.79 Å². The van der Waals surface area contributed by atoms with Crippen molar-refractivity contribution in [3.8, 4) is 0 Å². The first-order valence-corrected chi connectivity index (χ1v) is 9.71. The van der Waals surface area contributed by atoms with Crippen molar-refractivity contribution in [2.45, 2.75) is 0 Å². The van der Waals surface area contributed by atoms with Crippen LogP contribution in [0.4, 0.5) is 8.78 Å². The Morgan fingerprint density at radius 3 is 1.37 bits per heavy atom. The quantitative estimate of drug-likeness (QED) is 0.379. The van der Waals surface area contributed by atoms with E-state index >= 15 is 0 Å². The second kappa shape index (κ2) is 6.07. The molecule has 0 amide bonds. The molecule has 0 heterocycles. The number of ketones is 1. The molecule has 2 aliphatic carbocycles. The van der Waals surface area contributed by atoms with E-state index in [1.807, 2.05) is 24.3 Å². The van der Waals surface area contributed by atoms with Crippen molar-refractivity contribution in [1.29, 1.82) is 0 Å². The van der Waals surface area contributed by atoms with E-state index in [2.05, 4.69) is 12.1 Å². The molecule has 0 aromatic heterocycles. The zero-order chi connectivity index (χ0) is 20.4. The van der Waals surface area contributed by atoms with Crippen molar-refractivity contribution < 1.29 is 13.6 Å². The second-order valence-corrected chi connectivity index (χ2v) is 7.55. The highest BCUT2D eigenvalue weighted by atomic mass is 19.1.